The van der Waals surface area contributed by atoms with Crippen molar-refractivity contribution in [2.75, 3.05) is 13.2 Å². The summed E-state index contributed by atoms with van der Waals surface area (Å²) in [4.78, 5) is 0. The maximum atomic E-state index is 5.16. The molecule has 0 N–H and O–H groups in total. The van der Waals surface area contributed by atoms with Crippen LogP contribution in [-0.4, -0.2) is 36.3 Å². The molecule has 0 saturated carbocycles. The summed E-state index contributed by atoms with van der Waals surface area (Å²) in [5.41, 5.74) is 0. The fourth-order valence-electron chi connectivity index (χ4n) is 0.743. The van der Waals surface area contributed by atoms with Crippen LogP contribution in [0, 0.1) is 6.42 Å². The second-order valence-electron chi connectivity index (χ2n) is 1.83. The molecule has 1 aliphatic rings. The van der Waals surface area contributed by atoms with Crippen molar-refractivity contribution >= 4 is 23.1 Å². The Morgan fingerprint density at radius 2 is 1.89 bits per heavy atom. The molecule has 1 heterocycles. The SMILES string of the molecule is [Br-].[CH-]1CCCOCC1.[Mg+2]. The standard InChI is InChI=1S/C6H11O.BrH.Mg/c1-2-4-6-7-5-3-1;;/h1H,2-6H2;1H;/q-1;;+2/p-1. The van der Waals surface area contributed by atoms with E-state index in [0.717, 1.165) is 19.6 Å². The Labute approximate surface area is 83.5 Å². The third-order valence-corrected chi connectivity index (χ3v) is 1.16. The van der Waals surface area contributed by atoms with Crippen molar-refractivity contribution in [1.29, 1.82) is 0 Å². The summed E-state index contributed by atoms with van der Waals surface area (Å²) in [7, 11) is 0. The van der Waals surface area contributed by atoms with Gasteiger partial charge in [-0.25, -0.2) is 0 Å². The van der Waals surface area contributed by atoms with E-state index in [1.807, 2.05) is 0 Å². The Bertz CT molecular complexity index is 32.7. The first-order valence-electron chi connectivity index (χ1n) is 2.89. The maximum Gasteiger partial charge on any atom is 2.00 e. The van der Waals surface area contributed by atoms with Gasteiger partial charge in [0.15, 0.2) is 0 Å². The van der Waals surface area contributed by atoms with Gasteiger partial charge in [0.2, 0.25) is 0 Å². The average Bonchev–Trinajstić information content (AvgIpc) is 1.90. The summed E-state index contributed by atoms with van der Waals surface area (Å²) in [6.45, 7) is 1.91. The molecular weight excluding hydrogens is 192 g/mol. The van der Waals surface area contributed by atoms with Gasteiger partial charge in [-0.15, -0.1) is 0 Å². The first kappa shape index (κ1) is 12.8. The van der Waals surface area contributed by atoms with Crippen molar-refractivity contribution in [3.05, 3.63) is 6.42 Å². The Kier molecular flexibility index (Phi) is 13.1. The molecular formula is C6H11BrMgO. The molecule has 1 aliphatic heterocycles. The van der Waals surface area contributed by atoms with Crippen LogP contribution in [0.3, 0.4) is 0 Å². The molecule has 0 spiro atoms. The molecule has 0 bridgehead atoms. The number of hydrogen-bond acceptors (Lipinski definition) is 1. The minimum absolute atomic E-state index is 0. The topological polar surface area (TPSA) is 9.23 Å². The number of hydrogen-bond donors (Lipinski definition) is 0. The minimum atomic E-state index is 0. The molecule has 50 valence electrons. The van der Waals surface area contributed by atoms with Gasteiger partial charge in [0.25, 0.3) is 0 Å². The van der Waals surface area contributed by atoms with Crippen LogP contribution in [0.1, 0.15) is 19.3 Å². The summed E-state index contributed by atoms with van der Waals surface area (Å²) in [6, 6.07) is 0. The van der Waals surface area contributed by atoms with Crippen molar-refractivity contribution in [3.8, 4) is 0 Å². The van der Waals surface area contributed by atoms with E-state index in [1.54, 1.807) is 0 Å². The fourth-order valence-corrected chi connectivity index (χ4v) is 0.743. The molecule has 0 amide bonds. The first-order valence-corrected chi connectivity index (χ1v) is 2.89. The molecule has 0 aromatic rings. The summed E-state index contributed by atoms with van der Waals surface area (Å²) in [5.74, 6) is 0. The summed E-state index contributed by atoms with van der Waals surface area (Å²) < 4.78 is 5.16. The Balaban J connectivity index is 0. The molecule has 1 rings (SSSR count). The third kappa shape index (κ3) is 7.10. The third-order valence-electron chi connectivity index (χ3n) is 1.16. The molecule has 1 saturated heterocycles. The molecule has 0 radical (unpaired) electrons. The number of ether oxygens (including phenoxy) is 1. The predicted molar refractivity (Wildman–Crippen MR) is 34.7 cm³/mol. The van der Waals surface area contributed by atoms with Crippen LogP contribution < -0.4 is 17.0 Å². The van der Waals surface area contributed by atoms with Gasteiger partial charge in [-0.3, -0.25) is 0 Å². The normalized spacial score (nSPS) is 18.7. The molecule has 0 aliphatic carbocycles. The molecule has 1 fully saturated rings. The molecule has 9 heavy (non-hydrogen) atoms. The summed E-state index contributed by atoms with van der Waals surface area (Å²) >= 11 is 0. The van der Waals surface area contributed by atoms with E-state index in [2.05, 4.69) is 6.42 Å². The van der Waals surface area contributed by atoms with E-state index in [0.29, 0.717) is 0 Å². The van der Waals surface area contributed by atoms with Crippen molar-refractivity contribution in [2.45, 2.75) is 19.3 Å². The average molecular weight is 203 g/mol. The molecule has 0 aromatic carbocycles. The van der Waals surface area contributed by atoms with Gasteiger partial charge in [-0.05, 0) is 0 Å². The second-order valence-corrected chi connectivity index (χ2v) is 1.83. The molecule has 3 heteroatoms. The first-order chi connectivity index (χ1) is 3.50. The van der Waals surface area contributed by atoms with E-state index in [-0.39, 0.29) is 40.0 Å². The number of rotatable bonds is 0. The van der Waals surface area contributed by atoms with Crippen molar-refractivity contribution < 1.29 is 21.7 Å². The Morgan fingerprint density at radius 3 is 2.67 bits per heavy atom. The van der Waals surface area contributed by atoms with Gasteiger partial charge in [-0.2, -0.15) is 12.8 Å². The fraction of sp³-hybridized carbons (Fsp3) is 0.833. The Hall–Kier alpha value is 1.21. The van der Waals surface area contributed by atoms with E-state index >= 15 is 0 Å². The zero-order valence-electron chi connectivity index (χ0n) is 5.61. The van der Waals surface area contributed by atoms with Crippen LogP contribution in [0.4, 0.5) is 0 Å². The van der Waals surface area contributed by atoms with E-state index in [1.165, 1.54) is 12.8 Å². The zero-order chi connectivity index (χ0) is 4.95. The number of halogens is 1. The quantitative estimate of drug-likeness (QED) is 0.327. The van der Waals surface area contributed by atoms with Crippen LogP contribution in [0.2, 0.25) is 0 Å². The van der Waals surface area contributed by atoms with Gasteiger partial charge >= 0.3 is 23.1 Å². The van der Waals surface area contributed by atoms with E-state index < -0.39 is 0 Å². The second kappa shape index (κ2) is 9.21. The zero-order valence-corrected chi connectivity index (χ0v) is 8.61. The van der Waals surface area contributed by atoms with Crippen molar-refractivity contribution in [1.82, 2.24) is 0 Å². The van der Waals surface area contributed by atoms with Crippen LogP contribution >= 0.6 is 0 Å². The summed E-state index contributed by atoms with van der Waals surface area (Å²) in [5, 5.41) is 0. The van der Waals surface area contributed by atoms with Gasteiger partial charge < -0.3 is 28.1 Å². The van der Waals surface area contributed by atoms with E-state index in [4.69, 9.17) is 4.74 Å². The van der Waals surface area contributed by atoms with Gasteiger partial charge in [0, 0.05) is 13.2 Å². The molecule has 0 unspecified atom stereocenters. The van der Waals surface area contributed by atoms with Gasteiger partial charge in [-0.1, -0.05) is 6.42 Å². The van der Waals surface area contributed by atoms with Crippen molar-refractivity contribution in [2.24, 2.45) is 0 Å². The van der Waals surface area contributed by atoms with E-state index in [9.17, 15) is 0 Å². The largest absolute Gasteiger partial charge is 2.00 e. The smallest absolute Gasteiger partial charge is 1.00 e. The minimum Gasteiger partial charge on any atom is -1.00 e. The van der Waals surface area contributed by atoms with Crippen LogP contribution in [0.15, 0.2) is 0 Å². The Morgan fingerprint density at radius 1 is 1.11 bits per heavy atom. The van der Waals surface area contributed by atoms with Crippen LogP contribution in [0.25, 0.3) is 0 Å². The molecule has 0 aromatic heterocycles. The van der Waals surface area contributed by atoms with Crippen LogP contribution in [0.5, 0.6) is 0 Å². The predicted octanol–water partition coefficient (Wildman–Crippen LogP) is -1.99. The molecule has 0 atom stereocenters. The van der Waals surface area contributed by atoms with Gasteiger partial charge in [0.1, 0.15) is 0 Å². The monoisotopic (exact) mass is 202 g/mol. The summed E-state index contributed by atoms with van der Waals surface area (Å²) in [6.07, 6.45) is 5.92. The van der Waals surface area contributed by atoms with Gasteiger partial charge in [0.05, 0.1) is 0 Å². The maximum absolute atomic E-state index is 5.16. The van der Waals surface area contributed by atoms with Crippen molar-refractivity contribution in [3.63, 3.8) is 0 Å². The molecule has 1 nitrogen and oxygen atoms in total. The van der Waals surface area contributed by atoms with Crippen LogP contribution in [-0.2, 0) is 4.74 Å².